The van der Waals surface area contributed by atoms with Gasteiger partial charge in [0.2, 0.25) is 0 Å². The van der Waals surface area contributed by atoms with Crippen LogP contribution in [0.3, 0.4) is 0 Å². The van der Waals surface area contributed by atoms with Crippen LogP contribution in [0.5, 0.6) is 5.75 Å². The minimum atomic E-state index is -5.94. The number of pyridine rings is 2. The number of carbonyl (C=O) groups excluding carboxylic acids is 1. The van der Waals surface area contributed by atoms with Crippen LogP contribution >= 0.6 is 0 Å². The Bertz CT molecular complexity index is 1510. The molecule has 1 amide bonds. The Morgan fingerprint density at radius 2 is 1.97 bits per heavy atom. The molecule has 4 rings (SSSR count). The largest absolute Gasteiger partial charge is 0.534 e. The van der Waals surface area contributed by atoms with E-state index in [9.17, 15) is 31.6 Å². The van der Waals surface area contributed by atoms with Crippen LogP contribution in [-0.4, -0.2) is 64.8 Å². The quantitative estimate of drug-likeness (QED) is 0.381. The number of amides is 1. The summed E-state index contributed by atoms with van der Waals surface area (Å²) in [5, 5.41) is 16.6. The van der Waals surface area contributed by atoms with Gasteiger partial charge in [0.05, 0.1) is 35.2 Å². The maximum Gasteiger partial charge on any atom is 0.534 e. The van der Waals surface area contributed by atoms with Crippen molar-refractivity contribution in [3.63, 3.8) is 0 Å². The van der Waals surface area contributed by atoms with Crippen molar-refractivity contribution >= 4 is 21.7 Å². The van der Waals surface area contributed by atoms with E-state index in [1.165, 1.54) is 12.4 Å². The van der Waals surface area contributed by atoms with E-state index in [0.29, 0.717) is 30.9 Å². The van der Waals surface area contributed by atoms with Gasteiger partial charge in [0.15, 0.2) is 5.75 Å². The number of alkyl halides is 3. The maximum absolute atomic E-state index is 12.9. The summed E-state index contributed by atoms with van der Waals surface area (Å²) in [6.07, 6.45) is 3.03. The van der Waals surface area contributed by atoms with E-state index in [1.807, 2.05) is 6.07 Å². The van der Waals surface area contributed by atoms with Gasteiger partial charge in [-0.1, -0.05) is 6.07 Å². The molecule has 0 saturated carbocycles. The lowest BCUT2D eigenvalue weighted by atomic mass is 10.0. The number of piperazine rings is 1. The molecular weight excluding hydrogens is 529 g/mol. The van der Waals surface area contributed by atoms with E-state index in [4.69, 9.17) is 4.74 Å². The number of fused-ring (bicyclic) bond motifs is 1. The molecule has 0 aliphatic carbocycles. The number of hydrogen-bond donors (Lipinski definition) is 1. The van der Waals surface area contributed by atoms with Crippen molar-refractivity contribution in [3.05, 3.63) is 48.0 Å². The molecule has 15 heteroatoms. The minimum absolute atomic E-state index is 0.0990. The van der Waals surface area contributed by atoms with E-state index in [2.05, 4.69) is 19.6 Å². The molecule has 3 aromatic heterocycles. The molecule has 1 fully saturated rings. The van der Waals surface area contributed by atoms with Crippen molar-refractivity contribution < 1.29 is 35.3 Å². The number of hydrogen-bond acceptors (Lipinski definition) is 9. The lowest BCUT2D eigenvalue weighted by Gasteiger charge is -2.36. The van der Waals surface area contributed by atoms with E-state index in [-0.39, 0.29) is 16.6 Å². The van der Waals surface area contributed by atoms with Crippen LogP contribution in [0.1, 0.15) is 38.1 Å². The van der Waals surface area contributed by atoms with Gasteiger partial charge in [-0.05, 0) is 32.9 Å². The zero-order chi connectivity index (χ0) is 27.9. The summed E-state index contributed by atoms with van der Waals surface area (Å²) in [6.45, 7) is 6.66. The first kappa shape index (κ1) is 27.1. The lowest BCUT2D eigenvalue weighted by Crippen LogP contribution is -2.50. The van der Waals surface area contributed by atoms with Crippen molar-refractivity contribution in [2.75, 3.05) is 19.6 Å². The molecule has 1 saturated heterocycles. The predicted octanol–water partition coefficient (Wildman–Crippen LogP) is 3.38. The molecule has 202 valence electrons. The zero-order valence-electron chi connectivity index (χ0n) is 20.5. The normalized spacial score (nSPS) is 16.8. The highest BCUT2D eigenvalue weighted by atomic mass is 32.2. The molecule has 1 atom stereocenters. The fourth-order valence-electron chi connectivity index (χ4n) is 3.89. The predicted molar refractivity (Wildman–Crippen MR) is 127 cm³/mol. The molecule has 0 aromatic carbocycles. The minimum Gasteiger partial charge on any atom is -0.444 e. The molecule has 38 heavy (non-hydrogen) atoms. The first-order valence-electron chi connectivity index (χ1n) is 11.3. The number of nitriles is 1. The summed E-state index contributed by atoms with van der Waals surface area (Å²) in [5.41, 5.74) is -4.98. The fourth-order valence-corrected chi connectivity index (χ4v) is 4.33. The lowest BCUT2D eigenvalue weighted by molar-refractivity contribution is -0.0500. The first-order valence-corrected chi connectivity index (χ1v) is 12.7. The summed E-state index contributed by atoms with van der Waals surface area (Å²) >= 11 is 0. The van der Waals surface area contributed by atoms with Gasteiger partial charge in [0.1, 0.15) is 11.7 Å². The van der Waals surface area contributed by atoms with Gasteiger partial charge >= 0.3 is 21.7 Å². The number of nitrogens with one attached hydrogen (secondary N) is 1. The van der Waals surface area contributed by atoms with Crippen LogP contribution in [0.25, 0.3) is 16.6 Å². The number of carbonyl (C=O) groups is 1. The Hall–Kier alpha value is -3.90. The van der Waals surface area contributed by atoms with Crippen molar-refractivity contribution in [1.82, 2.24) is 24.8 Å². The highest BCUT2D eigenvalue weighted by Gasteiger charge is 2.48. The highest BCUT2D eigenvalue weighted by molar-refractivity contribution is 7.88. The average Bonchev–Trinajstić information content (AvgIpc) is 3.25. The van der Waals surface area contributed by atoms with Gasteiger partial charge in [-0.3, -0.25) is 9.88 Å². The SMILES string of the molecule is CC(C)(C)OC(=O)N1CCNCC1c1ccc(-c2cc(OS(=O)(=O)C(F)(F)F)cn3ncc(C#N)c23)cn1. The number of halogens is 3. The third-order valence-electron chi connectivity index (χ3n) is 5.51. The molecule has 3 aromatic rings. The number of rotatable bonds is 4. The standard InChI is InChI=1S/C23H23F3N6O5S/c1-22(2,3)36-21(33)31-7-6-28-12-19(31)18-5-4-14(10-29-18)17-8-16(37-38(34,35)23(24,25)26)13-32-20(17)15(9-27)11-30-32/h4-5,8,10-11,13,19,28H,6-7,12H2,1-3H3. The number of aromatic nitrogens is 3. The van der Waals surface area contributed by atoms with Crippen molar-refractivity contribution in [1.29, 1.82) is 5.26 Å². The molecule has 1 aliphatic rings. The molecule has 0 spiro atoms. The molecule has 1 aliphatic heterocycles. The summed E-state index contributed by atoms with van der Waals surface area (Å²) < 4.78 is 72.7. The number of ether oxygens (including phenoxy) is 1. The molecule has 11 nitrogen and oxygen atoms in total. The fraction of sp³-hybridized carbons (Fsp3) is 0.391. The van der Waals surface area contributed by atoms with Gasteiger partial charge in [-0.25, -0.2) is 9.31 Å². The van der Waals surface area contributed by atoms with E-state index >= 15 is 0 Å². The average molecular weight is 553 g/mol. The van der Waals surface area contributed by atoms with Gasteiger partial charge < -0.3 is 14.2 Å². The summed E-state index contributed by atoms with van der Waals surface area (Å²) in [7, 11) is -5.94. The molecule has 0 bridgehead atoms. The Balaban J connectivity index is 1.72. The molecular formula is C23H23F3N6O5S. The van der Waals surface area contributed by atoms with Crippen molar-refractivity contribution in [2.24, 2.45) is 0 Å². The monoisotopic (exact) mass is 552 g/mol. The third kappa shape index (κ3) is 5.50. The van der Waals surface area contributed by atoms with Gasteiger partial charge in [0, 0.05) is 37.0 Å². The summed E-state index contributed by atoms with van der Waals surface area (Å²) in [6, 6.07) is 5.77. The first-order chi connectivity index (χ1) is 17.7. The smallest absolute Gasteiger partial charge is 0.444 e. The van der Waals surface area contributed by atoms with E-state index in [1.54, 1.807) is 37.8 Å². The number of nitrogens with zero attached hydrogens (tertiary/aromatic N) is 5. The highest BCUT2D eigenvalue weighted by Crippen LogP contribution is 2.34. The van der Waals surface area contributed by atoms with Crippen LogP contribution in [0.4, 0.5) is 18.0 Å². The van der Waals surface area contributed by atoms with Crippen LogP contribution in [0.2, 0.25) is 0 Å². The molecule has 4 heterocycles. The second-order valence-electron chi connectivity index (χ2n) is 9.40. The third-order valence-corrected chi connectivity index (χ3v) is 6.49. The molecule has 1 N–H and O–H groups in total. The summed E-state index contributed by atoms with van der Waals surface area (Å²) in [5.74, 6) is -0.658. The van der Waals surface area contributed by atoms with E-state index < -0.39 is 39.1 Å². The topological polar surface area (TPSA) is 139 Å². The van der Waals surface area contributed by atoms with Crippen LogP contribution < -0.4 is 9.50 Å². The Labute approximate surface area is 215 Å². The van der Waals surface area contributed by atoms with Gasteiger partial charge in [-0.15, -0.1) is 0 Å². The Kier molecular flexibility index (Phi) is 6.97. The molecule has 1 unspecified atom stereocenters. The van der Waals surface area contributed by atoms with E-state index in [0.717, 1.165) is 16.8 Å². The second-order valence-corrected chi connectivity index (χ2v) is 10.9. The van der Waals surface area contributed by atoms with Crippen LogP contribution in [-0.2, 0) is 14.9 Å². The Morgan fingerprint density at radius 1 is 1.24 bits per heavy atom. The molecule has 0 radical (unpaired) electrons. The van der Waals surface area contributed by atoms with Crippen molar-refractivity contribution in [2.45, 2.75) is 37.9 Å². The zero-order valence-corrected chi connectivity index (χ0v) is 21.3. The van der Waals surface area contributed by atoms with Gasteiger partial charge in [-0.2, -0.15) is 31.9 Å². The second kappa shape index (κ2) is 9.76. The van der Waals surface area contributed by atoms with Gasteiger partial charge in [0.25, 0.3) is 0 Å². The van der Waals surface area contributed by atoms with Crippen molar-refractivity contribution in [3.8, 4) is 22.9 Å². The van der Waals surface area contributed by atoms with Crippen LogP contribution in [0, 0.1) is 11.3 Å². The maximum atomic E-state index is 12.9. The Morgan fingerprint density at radius 3 is 2.58 bits per heavy atom. The van der Waals surface area contributed by atoms with Crippen LogP contribution in [0.15, 0.2) is 36.8 Å². The summed E-state index contributed by atoms with van der Waals surface area (Å²) in [4.78, 5) is 18.8.